The molecule has 0 bridgehead atoms. The Balaban J connectivity index is 2.18. The van der Waals surface area contributed by atoms with Crippen molar-refractivity contribution < 1.29 is 18.0 Å². The topological polar surface area (TPSA) is 89.9 Å². The molecule has 1 aromatic heterocycles. The predicted molar refractivity (Wildman–Crippen MR) is 101 cm³/mol. The van der Waals surface area contributed by atoms with E-state index >= 15 is 0 Å². The molecular weight excluding hydrogens is 385 g/mol. The van der Waals surface area contributed by atoms with Crippen LogP contribution in [0.15, 0.2) is 42.5 Å². The van der Waals surface area contributed by atoms with Gasteiger partial charge in [0.05, 0.1) is 18.3 Å². The summed E-state index contributed by atoms with van der Waals surface area (Å²) in [6.07, 6.45) is -4.51. The number of aromatic nitrogens is 4. The van der Waals surface area contributed by atoms with Crippen molar-refractivity contribution in [3.8, 4) is 11.4 Å². The molecule has 3 aromatic rings. The summed E-state index contributed by atoms with van der Waals surface area (Å²) < 4.78 is 39.9. The van der Waals surface area contributed by atoms with Gasteiger partial charge in [0.25, 0.3) is 0 Å². The second-order valence-electron chi connectivity index (χ2n) is 6.71. The Bertz CT molecular complexity index is 1030. The van der Waals surface area contributed by atoms with E-state index in [9.17, 15) is 18.0 Å². The van der Waals surface area contributed by atoms with E-state index in [1.54, 1.807) is 24.3 Å². The summed E-state index contributed by atoms with van der Waals surface area (Å²) in [5, 5.41) is 11.7. The number of aryl methyl sites for hydroxylation is 1. The first-order valence-electron chi connectivity index (χ1n) is 8.72. The number of rotatable bonds is 5. The first-order chi connectivity index (χ1) is 13.6. The smallest absolute Gasteiger partial charge is 0.366 e. The van der Waals surface area contributed by atoms with E-state index in [-0.39, 0.29) is 17.4 Å². The van der Waals surface area contributed by atoms with Crippen LogP contribution in [0.25, 0.3) is 11.4 Å². The van der Waals surface area contributed by atoms with Crippen molar-refractivity contribution in [3.05, 3.63) is 53.6 Å². The van der Waals surface area contributed by atoms with Gasteiger partial charge in [-0.1, -0.05) is 0 Å². The van der Waals surface area contributed by atoms with Crippen molar-refractivity contribution >= 4 is 17.3 Å². The number of alkyl halides is 3. The number of hydrogen-bond acceptors (Lipinski definition) is 5. The average Bonchev–Trinajstić information content (AvgIpc) is 3.07. The van der Waals surface area contributed by atoms with E-state index in [4.69, 9.17) is 5.73 Å². The third kappa shape index (κ3) is 4.20. The summed E-state index contributed by atoms with van der Waals surface area (Å²) in [5.41, 5.74) is 6.16. The number of carbonyl (C=O) groups is 1. The van der Waals surface area contributed by atoms with Crippen LogP contribution in [0.4, 0.5) is 24.5 Å². The SMILES string of the molecule is CC(C)N(c1ccc(C(N)=O)cc1)c1ccc(C(F)(F)F)cc1-c1nnn(C)n1. The van der Waals surface area contributed by atoms with Gasteiger partial charge < -0.3 is 10.6 Å². The second kappa shape index (κ2) is 7.53. The maximum absolute atomic E-state index is 13.3. The summed E-state index contributed by atoms with van der Waals surface area (Å²) in [4.78, 5) is 14.3. The number of anilines is 2. The van der Waals surface area contributed by atoms with Gasteiger partial charge in [-0.05, 0) is 61.5 Å². The van der Waals surface area contributed by atoms with Gasteiger partial charge in [-0.3, -0.25) is 4.79 Å². The average molecular weight is 404 g/mol. The van der Waals surface area contributed by atoms with E-state index in [0.29, 0.717) is 16.9 Å². The van der Waals surface area contributed by atoms with E-state index in [1.165, 1.54) is 17.9 Å². The minimum absolute atomic E-state index is 0.0769. The molecule has 0 aliphatic heterocycles. The van der Waals surface area contributed by atoms with Gasteiger partial charge in [-0.2, -0.15) is 18.0 Å². The fraction of sp³-hybridized carbons (Fsp3) is 0.263. The standard InChI is InChI=1S/C19H19F3N6O/c1-11(2)28(14-7-4-12(5-8-14)17(23)29)16-9-6-13(19(20,21)22)10-15(16)18-24-26-27(3)25-18/h4-11H,1-3H3,(H2,23,29). The highest BCUT2D eigenvalue weighted by Gasteiger charge is 2.32. The Morgan fingerprint density at radius 3 is 2.28 bits per heavy atom. The van der Waals surface area contributed by atoms with Crippen LogP contribution in [-0.2, 0) is 13.2 Å². The van der Waals surface area contributed by atoms with Crippen LogP contribution in [0.3, 0.4) is 0 Å². The largest absolute Gasteiger partial charge is 0.416 e. The van der Waals surface area contributed by atoms with Gasteiger partial charge >= 0.3 is 6.18 Å². The van der Waals surface area contributed by atoms with Gasteiger partial charge in [0, 0.05) is 22.9 Å². The van der Waals surface area contributed by atoms with Gasteiger partial charge in [-0.15, -0.1) is 10.2 Å². The van der Waals surface area contributed by atoms with Crippen LogP contribution in [-0.4, -0.2) is 32.2 Å². The summed E-state index contributed by atoms with van der Waals surface area (Å²) in [5.74, 6) is -0.486. The molecule has 2 N–H and O–H groups in total. The van der Waals surface area contributed by atoms with Crippen LogP contribution in [0.5, 0.6) is 0 Å². The highest BCUT2D eigenvalue weighted by molar-refractivity contribution is 5.93. The number of nitrogens with two attached hydrogens (primary N) is 1. The Hall–Kier alpha value is -3.43. The number of benzene rings is 2. The first kappa shape index (κ1) is 20.3. The fourth-order valence-electron chi connectivity index (χ4n) is 3.00. The molecule has 7 nitrogen and oxygen atoms in total. The maximum atomic E-state index is 13.3. The molecule has 0 aliphatic rings. The summed E-state index contributed by atoms with van der Waals surface area (Å²) >= 11 is 0. The van der Waals surface area contributed by atoms with Crippen molar-refractivity contribution in [1.29, 1.82) is 0 Å². The Labute approximate surface area is 164 Å². The molecule has 0 aliphatic carbocycles. The van der Waals surface area contributed by atoms with Gasteiger partial charge in [0.1, 0.15) is 0 Å². The second-order valence-corrected chi connectivity index (χ2v) is 6.71. The predicted octanol–water partition coefficient (Wildman–Crippen LogP) is 3.54. The normalized spacial score (nSPS) is 11.7. The van der Waals surface area contributed by atoms with Crippen LogP contribution in [0, 0.1) is 0 Å². The van der Waals surface area contributed by atoms with E-state index in [0.717, 1.165) is 12.1 Å². The van der Waals surface area contributed by atoms with Gasteiger partial charge in [0.15, 0.2) is 0 Å². The number of primary amides is 1. The van der Waals surface area contributed by atoms with Crippen molar-refractivity contribution in [2.24, 2.45) is 12.8 Å². The van der Waals surface area contributed by atoms with Crippen molar-refractivity contribution in [2.45, 2.75) is 26.1 Å². The molecule has 0 saturated heterocycles. The van der Waals surface area contributed by atoms with E-state index in [1.807, 2.05) is 18.7 Å². The molecule has 0 unspecified atom stereocenters. The van der Waals surface area contributed by atoms with Crippen LogP contribution < -0.4 is 10.6 Å². The Morgan fingerprint density at radius 1 is 1.14 bits per heavy atom. The molecule has 2 aromatic carbocycles. The van der Waals surface area contributed by atoms with E-state index < -0.39 is 17.6 Å². The molecule has 0 saturated carbocycles. The monoisotopic (exact) mass is 404 g/mol. The number of tetrazole rings is 1. The summed E-state index contributed by atoms with van der Waals surface area (Å²) in [7, 11) is 1.53. The number of hydrogen-bond donors (Lipinski definition) is 1. The molecule has 0 spiro atoms. The number of amides is 1. The van der Waals surface area contributed by atoms with Crippen molar-refractivity contribution in [1.82, 2.24) is 20.2 Å². The lowest BCUT2D eigenvalue weighted by Gasteiger charge is -2.31. The zero-order valence-electron chi connectivity index (χ0n) is 16.0. The zero-order valence-corrected chi connectivity index (χ0v) is 16.0. The quantitative estimate of drug-likeness (QED) is 0.703. The minimum atomic E-state index is -4.51. The van der Waals surface area contributed by atoms with Gasteiger partial charge in [-0.25, -0.2) is 0 Å². The van der Waals surface area contributed by atoms with E-state index in [2.05, 4.69) is 15.4 Å². The molecule has 152 valence electrons. The number of halogens is 3. The first-order valence-corrected chi connectivity index (χ1v) is 8.72. The molecule has 29 heavy (non-hydrogen) atoms. The summed E-state index contributed by atoms with van der Waals surface area (Å²) in [6, 6.07) is 9.80. The molecule has 0 atom stereocenters. The zero-order chi connectivity index (χ0) is 21.3. The number of nitrogens with zero attached hydrogens (tertiary/aromatic N) is 5. The molecule has 3 rings (SSSR count). The minimum Gasteiger partial charge on any atom is -0.366 e. The number of carbonyl (C=O) groups excluding carboxylic acids is 1. The maximum Gasteiger partial charge on any atom is 0.416 e. The van der Waals surface area contributed by atoms with Crippen LogP contribution in [0.1, 0.15) is 29.8 Å². The summed E-state index contributed by atoms with van der Waals surface area (Å²) in [6.45, 7) is 3.79. The van der Waals surface area contributed by atoms with Crippen molar-refractivity contribution in [2.75, 3.05) is 4.90 Å². The van der Waals surface area contributed by atoms with Crippen LogP contribution >= 0.6 is 0 Å². The fourth-order valence-corrected chi connectivity index (χ4v) is 3.00. The Morgan fingerprint density at radius 2 is 1.79 bits per heavy atom. The van der Waals surface area contributed by atoms with Crippen molar-refractivity contribution in [3.63, 3.8) is 0 Å². The lowest BCUT2D eigenvalue weighted by Crippen LogP contribution is -2.26. The van der Waals surface area contributed by atoms with Gasteiger partial charge in [0.2, 0.25) is 11.7 Å². The molecule has 0 radical (unpaired) electrons. The molecule has 1 heterocycles. The Kier molecular flexibility index (Phi) is 5.27. The highest BCUT2D eigenvalue weighted by Crippen LogP contribution is 2.39. The van der Waals surface area contributed by atoms with Crippen LogP contribution in [0.2, 0.25) is 0 Å². The third-order valence-corrected chi connectivity index (χ3v) is 4.28. The lowest BCUT2D eigenvalue weighted by atomic mass is 10.0. The molecule has 1 amide bonds. The molecule has 10 heteroatoms. The molecular formula is C19H19F3N6O. The third-order valence-electron chi connectivity index (χ3n) is 4.28. The lowest BCUT2D eigenvalue weighted by molar-refractivity contribution is -0.137. The molecule has 0 fully saturated rings. The highest BCUT2D eigenvalue weighted by atomic mass is 19.4.